The van der Waals surface area contributed by atoms with Gasteiger partial charge in [0.15, 0.2) is 0 Å². The summed E-state index contributed by atoms with van der Waals surface area (Å²) in [4.78, 5) is 1.42. The van der Waals surface area contributed by atoms with Crippen LogP contribution in [-0.4, -0.2) is 10.7 Å². The second kappa shape index (κ2) is 6.77. The second-order valence-corrected chi connectivity index (χ2v) is 6.09. The van der Waals surface area contributed by atoms with Crippen LogP contribution in [0, 0.1) is 6.92 Å². The third-order valence-electron chi connectivity index (χ3n) is 2.78. The molecule has 2 N–H and O–H groups in total. The average molecular weight is 303 g/mol. The molecule has 0 heterocycles. The van der Waals surface area contributed by atoms with Gasteiger partial charge < -0.3 is 10.5 Å². The number of thioether (sulfide) groups is 1. The van der Waals surface area contributed by atoms with Crippen LogP contribution in [0.2, 0.25) is 0 Å². The highest BCUT2D eigenvalue weighted by Gasteiger charge is 2.13. The fraction of sp³-hybridized carbons (Fsp3) is 0.188. The van der Waals surface area contributed by atoms with E-state index < -0.39 is 0 Å². The maximum absolute atomic E-state index is 5.93. The summed E-state index contributed by atoms with van der Waals surface area (Å²) in [6.07, 6.45) is 0. The van der Waals surface area contributed by atoms with Crippen molar-refractivity contribution >= 4 is 29.0 Å². The van der Waals surface area contributed by atoms with E-state index in [0.717, 1.165) is 22.0 Å². The zero-order valence-corrected chi connectivity index (χ0v) is 13.2. The van der Waals surface area contributed by atoms with Crippen LogP contribution < -0.4 is 10.5 Å². The lowest BCUT2D eigenvalue weighted by Crippen LogP contribution is -2.12. The molecule has 0 saturated heterocycles. The SMILES string of the molecule is CCSc1cccc(Oc2ccc(C)cc2)c1C(N)=S. The molecular weight excluding hydrogens is 286 g/mol. The number of hydrogen-bond donors (Lipinski definition) is 1. The Kier molecular flexibility index (Phi) is 5.04. The lowest BCUT2D eigenvalue weighted by molar-refractivity contribution is 0.480. The number of aryl methyl sites for hydroxylation is 1. The van der Waals surface area contributed by atoms with Crippen LogP contribution in [0.1, 0.15) is 18.1 Å². The minimum atomic E-state index is 0.365. The summed E-state index contributed by atoms with van der Waals surface area (Å²) < 4.78 is 5.93. The number of benzene rings is 2. The molecular formula is C16H17NOS2. The summed E-state index contributed by atoms with van der Waals surface area (Å²) in [6.45, 7) is 4.14. The van der Waals surface area contributed by atoms with Crippen LogP contribution in [0.4, 0.5) is 0 Å². The van der Waals surface area contributed by atoms with Gasteiger partial charge in [0.25, 0.3) is 0 Å². The first kappa shape index (κ1) is 14.9. The van der Waals surface area contributed by atoms with E-state index in [-0.39, 0.29) is 0 Å². The van der Waals surface area contributed by atoms with Gasteiger partial charge in [-0.3, -0.25) is 0 Å². The summed E-state index contributed by atoms with van der Waals surface area (Å²) in [5.41, 5.74) is 7.87. The van der Waals surface area contributed by atoms with Gasteiger partial charge in [0, 0.05) is 4.90 Å². The van der Waals surface area contributed by atoms with E-state index in [1.807, 2.05) is 49.4 Å². The number of ether oxygens (including phenoxy) is 1. The highest BCUT2D eigenvalue weighted by molar-refractivity contribution is 7.99. The van der Waals surface area contributed by atoms with Crippen LogP contribution in [-0.2, 0) is 0 Å². The molecule has 0 saturated carbocycles. The molecule has 0 aliphatic carbocycles. The Morgan fingerprint density at radius 2 is 1.90 bits per heavy atom. The Labute approximate surface area is 129 Å². The molecule has 0 fully saturated rings. The van der Waals surface area contributed by atoms with Gasteiger partial charge in [0.1, 0.15) is 16.5 Å². The zero-order chi connectivity index (χ0) is 14.5. The van der Waals surface area contributed by atoms with Crippen LogP contribution in [0.15, 0.2) is 47.4 Å². The standard InChI is InChI=1S/C16H17NOS2/c1-3-20-14-6-4-5-13(15(14)16(17)19)18-12-9-7-11(2)8-10-12/h4-10H,3H2,1-2H3,(H2,17,19). The minimum absolute atomic E-state index is 0.365. The van der Waals surface area contributed by atoms with Crippen LogP contribution in [0.3, 0.4) is 0 Å². The summed E-state index contributed by atoms with van der Waals surface area (Å²) >= 11 is 6.88. The van der Waals surface area contributed by atoms with Crippen LogP contribution >= 0.6 is 24.0 Å². The fourth-order valence-corrected chi connectivity index (χ4v) is 2.96. The third-order valence-corrected chi connectivity index (χ3v) is 3.93. The Morgan fingerprint density at radius 1 is 1.20 bits per heavy atom. The second-order valence-electron chi connectivity index (χ2n) is 4.34. The van der Waals surface area contributed by atoms with E-state index in [4.69, 9.17) is 22.7 Å². The predicted octanol–water partition coefficient (Wildman–Crippen LogP) is 4.53. The lowest BCUT2D eigenvalue weighted by atomic mass is 10.2. The van der Waals surface area contributed by atoms with Crippen LogP contribution in [0.5, 0.6) is 11.5 Å². The molecule has 20 heavy (non-hydrogen) atoms. The van der Waals surface area contributed by atoms with Gasteiger partial charge in [-0.1, -0.05) is 42.9 Å². The molecule has 2 rings (SSSR count). The fourth-order valence-electron chi connectivity index (χ4n) is 1.85. The minimum Gasteiger partial charge on any atom is -0.457 e. The number of thiocarbonyl (C=S) groups is 1. The molecule has 0 bridgehead atoms. The summed E-state index contributed by atoms with van der Waals surface area (Å²) in [7, 11) is 0. The molecule has 0 aliphatic rings. The van der Waals surface area contributed by atoms with Gasteiger partial charge in [-0.2, -0.15) is 0 Å². The highest BCUT2D eigenvalue weighted by atomic mass is 32.2. The third kappa shape index (κ3) is 3.52. The van der Waals surface area contributed by atoms with Crippen molar-refractivity contribution in [1.82, 2.24) is 0 Å². The molecule has 2 nitrogen and oxygen atoms in total. The smallest absolute Gasteiger partial charge is 0.138 e. The maximum atomic E-state index is 5.93. The summed E-state index contributed by atoms with van der Waals surface area (Å²) in [5, 5.41) is 0. The largest absolute Gasteiger partial charge is 0.457 e. The first-order chi connectivity index (χ1) is 9.61. The molecule has 4 heteroatoms. The molecule has 0 spiro atoms. The van der Waals surface area contributed by atoms with E-state index in [1.54, 1.807) is 11.8 Å². The first-order valence-electron chi connectivity index (χ1n) is 6.42. The molecule has 2 aromatic rings. The molecule has 0 atom stereocenters. The predicted molar refractivity (Wildman–Crippen MR) is 90.0 cm³/mol. The maximum Gasteiger partial charge on any atom is 0.138 e. The van der Waals surface area contributed by atoms with Crippen molar-refractivity contribution in [3.63, 3.8) is 0 Å². The van der Waals surface area contributed by atoms with Gasteiger partial charge in [-0.25, -0.2) is 0 Å². The van der Waals surface area contributed by atoms with Crippen molar-refractivity contribution in [3.05, 3.63) is 53.6 Å². The molecule has 104 valence electrons. The van der Waals surface area contributed by atoms with E-state index in [2.05, 4.69) is 6.92 Å². The van der Waals surface area contributed by atoms with Crippen LogP contribution in [0.25, 0.3) is 0 Å². The van der Waals surface area contributed by atoms with E-state index in [9.17, 15) is 0 Å². The quantitative estimate of drug-likeness (QED) is 0.650. The average Bonchev–Trinajstić information content (AvgIpc) is 2.41. The Hall–Kier alpha value is -1.52. The molecule has 0 unspecified atom stereocenters. The molecule has 0 aliphatic heterocycles. The molecule has 0 radical (unpaired) electrons. The Morgan fingerprint density at radius 3 is 2.50 bits per heavy atom. The van der Waals surface area contributed by atoms with Crippen molar-refractivity contribution in [2.24, 2.45) is 5.73 Å². The van der Waals surface area contributed by atoms with Crippen molar-refractivity contribution in [1.29, 1.82) is 0 Å². The summed E-state index contributed by atoms with van der Waals surface area (Å²) in [5.74, 6) is 2.45. The number of nitrogens with two attached hydrogens (primary N) is 1. The summed E-state index contributed by atoms with van der Waals surface area (Å²) in [6, 6.07) is 13.8. The van der Waals surface area contributed by atoms with Gasteiger partial charge in [0.05, 0.1) is 5.56 Å². The first-order valence-corrected chi connectivity index (χ1v) is 7.81. The lowest BCUT2D eigenvalue weighted by Gasteiger charge is -2.14. The van der Waals surface area contributed by atoms with Crippen molar-refractivity contribution in [2.45, 2.75) is 18.7 Å². The van der Waals surface area contributed by atoms with Crippen molar-refractivity contribution in [2.75, 3.05) is 5.75 Å². The molecule has 0 aromatic heterocycles. The normalized spacial score (nSPS) is 10.3. The van der Waals surface area contributed by atoms with E-state index in [1.165, 1.54) is 5.56 Å². The van der Waals surface area contributed by atoms with E-state index in [0.29, 0.717) is 10.7 Å². The van der Waals surface area contributed by atoms with Crippen molar-refractivity contribution in [3.8, 4) is 11.5 Å². The molecule has 2 aromatic carbocycles. The van der Waals surface area contributed by atoms with Crippen molar-refractivity contribution < 1.29 is 4.74 Å². The van der Waals surface area contributed by atoms with Gasteiger partial charge in [0.2, 0.25) is 0 Å². The highest BCUT2D eigenvalue weighted by Crippen LogP contribution is 2.33. The number of hydrogen-bond acceptors (Lipinski definition) is 3. The van der Waals surface area contributed by atoms with Gasteiger partial charge >= 0.3 is 0 Å². The topological polar surface area (TPSA) is 35.2 Å². The Balaban J connectivity index is 2.37. The number of rotatable bonds is 5. The van der Waals surface area contributed by atoms with E-state index >= 15 is 0 Å². The molecule has 0 amide bonds. The monoisotopic (exact) mass is 303 g/mol. The zero-order valence-electron chi connectivity index (χ0n) is 11.6. The van der Waals surface area contributed by atoms with Gasteiger partial charge in [-0.15, -0.1) is 11.8 Å². The Bertz CT molecular complexity index is 608. The van der Waals surface area contributed by atoms with Gasteiger partial charge in [-0.05, 0) is 36.9 Å².